The molecule has 1 aliphatic heterocycles. The number of urea groups is 1. The molecule has 21 heavy (non-hydrogen) atoms. The zero-order chi connectivity index (χ0) is 16.0. The van der Waals surface area contributed by atoms with Crippen LogP contribution in [0.2, 0.25) is 0 Å². The number of amides is 2. The van der Waals surface area contributed by atoms with Crippen molar-refractivity contribution in [2.45, 2.75) is 18.9 Å². The predicted molar refractivity (Wildman–Crippen MR) is 78.3 cm³/mol. The molecule has 1 saturated heterocycles. The maximum Gasteiger partial charge on any atom is 0.323 e. The molecule has 1 heterocycles. The summed E-state index contributed by atoms with van der Waals surface area (Å²) in [5.41, 5.74) is 0. The van der Waals surface area contributed by atoms with Crippen molar-refractivity contribution in [1.82, 2.24) is 10.2 Å². The number of carbonyl (C=O) groups is 2. The lowest BCUT2D eigenvalue weighted by atomic mass is 10.2. The van der Waals surface area contributed by atoms with Crippen LogP contribution in [0.15, 0.2) is 0 Å². The van der Waals surface area contributed by atoms with Crippen LogP contribution in [0.25, 0.3) is 0 Å². The van der Waals surface area contributed by atoms with Crippen molar-refractivity contribution in [3.8, 4) is 0 Å². The first-order chi connectivity index (χ1) is 9.71. The fourth-order valence-corrected chi connectivity index (χ4v) is 4.39. The standard InChI is InChI=1S/C11H20N2O6S2/c1-20(17)5-2-4-12-11(16)13(7-10(14)15)9-3-6-21(18,19)8-9/h9H,2-8H2,1H3,(H,12,16)(H,14,15). The Morgan fingerprint density at radius 2 is 2.10 bits per heavy atom. The van der Waals surface area contributed by atoms with Crippen LogP contribution in [0.5, 0.6) is 0 Å². The third kappa shape index (κ3) is 6.42. The Labute approximate surface area is 126 Å². The van der Waals surface area contributed by atoms with Crippen molar-refractivity contribution in [2.24, 2.45) is 0 Å². The van der Waals surface area contributed by atoms with E-state index < -0.39 is 45.2 Å². The molecule has 0 aromatic heterocycles. The van der Waals surface area contributed by atoms with E-state index >= 15 is 0 Å². The Bertz CT molecular complexity index is 519. The lowest BCUT2D eigenvalue weighted by Gasteiger charge is -2.26. The Morgan fingerprint density at radius 1 is 1.43 bits per heavy atom. The topological polar surface area (TPSA) is 121 Å². The summed E-state index contributed by atoms with van der Waals surface area (Å²) >= 11 is 0. The molecule has 2 atom stereocenters. The number of nitrogens with one attached hydrogen (secondary N) is 1. The maximum absolute atomic E-state index is 12.0. The number of hydrogen-bond donors (Lipinski definition) is 2. The second-order valence-electron chi connectivity index (χ2n) is 4.94. The van der Waals surface area contributed by atoms with Gasteiger partial charge in [-0.25, -0.2) is 13.2 Å². The first-order valence-corrected chi connectivity index (χ1v) is 10.0. The summed E-state index contributed by atoms with van der Waals surface area (Å²) in [6, 6.07) is -1.20. The van der Waals surface area contributed by atoms with E-state index in [-0.39, 0.29) is 24.5 Å². The number of carbonyl (C=O) groups excluding carboxylic acids is 1. The van der Waals surface area contributed by atoms with Gasteiger partial charge >= 0.3 is 12.0 Å². The molecule has 0 aromatic carbocycles. The highest BCUT2D eigenvalue weighted by Crippen LogP contribution is 2.17. The van der Waals surface area contributed by atoms with Crippen LogP contribution in [0.3, 0.4) is 0 Å². The summed E-state index contributed by atoms with van der Waals surface area (Å²) in [4.78, 5) is 23.9. The quantitative estimate of drug-likeness (QED) is 0.576. The number of hydrogen-bond acceptors (Lipinski definition) is 5. The van der Waals surface area contributed by atoms with Crippen molar-refractivity contribution in [3.63, 3.8) is 0 Å². The summed E-state index contributed by atoms with van der Waals surface area (Å²) in [6.45, 7) is -0.264. The minimum absolute atomic E-state index is 0.0319. The first kappa shape index (κ1) is 17.9. The van der Waals surface area contributed by atoms with Gasteiger partial charge in [-0.15, -0.1) is 0 Å². The second kappa shape index (κ2) is 7.74. The lowest BCUT2D eigenvalue weighted by molar-refractivity contribution is -0.138. The Balaban J connectivity index is 2.58. The molecular formula is C11H20N2O6S2. The maximum atomic E-state index is 12.0. The molecule has 0 radical (unpaired) electrons. The van der Waals surface area contributed by atoms with Gasteiger partial charge in [0.2, 0.25) is 0 Å². The molecule has 0 aliphatic carbocycles. The monoisotopic (exact) mass is 340 g/mol. The minimum Gasteiger partial charge on any atom is -0.480 e. The molecule has 0 spiro atoms. The van der Waals surface area contributed by atoms with Crippen molar-refractivity contribution in [1.29, 1.82) is 0 Å². The molecule has 0 bridgehead atoms. The van der Waals surface area contributed by atoms with E-state index in [1.807, 2.05) is 0 Å². The summed E-state index contributed by atoms with van der Waals surface area (Å²) in [6.07, 6.45) is 2.32. The fraction of sp³-hybridized carbons (Fsp3) is 0.818. The van der Waals surface area contributed by atoms with Gasteiger partial charge in [-0.3, -0.25) is 9.00 Å². The highest BCUT2D eigenvalue weighted by Gasteiger charge is 2.35. The largest absolute Gasteiger partial charge is 0.480 e. The normalized spacial score (nSPS) is 21.7. The highest BCUT2D eigenvalue weighted by atomic mass is 32.2. The molecule has 2 amide bonds. The van der Waals surface area contributed by atoms with E-state index in [0.29, 0.717) is 12.2 Å². The number of rotatable bonds is 7. The molecule has 1 rings (SSSR count). The minimum atomic E-state index is -3.20. The third-order valence-corrected chi connectivity index (χ3v) is 5.71. The second-order valence-corrected chi connectivity index (χ2v) is 8.72. The zero-order valence-corrected chi connectivity index (χ0v) is 13.4. The number of carboxylic acids is 1. The van der Waals surface area contributed by atoms with Gasteiger partial charge in [0.25, 0.3) is 0 Å². The Kier molecular flexibility index (Phi) is 6.59. The van der Waals surface area contributed by atoms with Crippen molar-refractivity contribution >= 4 is 32.6 Å². The van der Waals surface area contributed by atoms with Crippen LogP contribution in [0.1, 0.15) is 12.8 Å². The van der Waals surface area contributed by atoms with Crippen LogP contribution < -0.4 is 5.32 Å². The van der Waals surface area contributed by atoms with Crippen LogP contribution in [0.4, 0.5) is 4.79 Å². The van der Waals surface area contributed by atoms with Gasteiger partial charge in [-0.05, 0) is 12.8 Å². The summed E-state index contributed by atoms with van der Waals surface area (Å²) < 4.78 is 33.8. The van der Waals surface area contributed by atoms with Crippen LogP contribution in [-0.4, -0.2) is 77.3 Å². The van der Waals surface area contributed by atoms with Crippen LogP contribution in [0, 0.1) is 0 Å². The zero-order valence-electron chi connectivity index (χ0n) is 11.8. The average molecular weight is 340 g/mol. The summed E-state index contributed by atoms with van der Waals surface area (Å²) in [5, 5.41) is 11.4. The molecule has 0 aromatic rings. The SMILES string of the molecule is CS(=O)CCCNC(=O)N(CC(=O)O)C1CCS(=O)(=O)C1. The van der Waals surface area contributed by atoms with E-state index in [2.05, 4.69) is 5.32 Å². The van der Waals surface area contributed by atoms with Gasteiger partial charge < -0.3 is 15.3 Å². The number of carboxylic acid groups (broad SMARTS) is 1. The van der Waals surface area contributed by atoms with Gasteiger partial charge in [0.15, 0.2) is 9.84 Å². The fourth-order valence-electron chi connectivity index (χ4n) is 2.11. The van der Waals surface area contributed by atoms with Crippen LogP contribution in [-0.2, 0) is 25.4 Å². The van der Waals surface area contributed by atoms with Crippen LogP contribution >= 0.6 is 0 Å². The van der Waals surface area contributed by atoms with Gasteiger partial charge in [0.05, 0.1) is 11.5 Å². The average Bonchev–Trinajstić information content (AvgIpc) is 2.71. The molecule has 8 nitrogen and oxygen atoms in total. The molecule has 10 heteroatoms. The molecule has 122 valence electrons. The Hall–Kier alpha value is -1.16. The molecule has 1 aliphatic rings. The van der Waals surface area contributed by atoms with E-state index in [1.54, 1.807) is 6.26 Å². The van der Waals surface area contributed by atoms with Crippen molar-refractivity contribution in [2.75, 3.05) is 36.6 Å². The first-order valence-electron chi connectivity index (χ1n) is 6.48. The van der Waals surface area contributed by atoms with Gasteiger partial charge in [0.1, 0.15) is 6.54 Å². The lowest BCUT2D eigenvalue weighted by Crippen LogP contribution is -2.49. The smallest absolute Gasteiger partial charge is 0.323 e. The van der Waals surface area contributed by atoms with E-state index in [9.17, 15) is 22.2 Å². The number of aliphatic carboxylic acids is 1. The summed E-state index contributed by atoms with van der Waals surface area (Å²) in [5.74, 6) is -0.983. The predicted octanol–water partition coefficient (Wildman–Crippen LogP) is -0.962. The van der Waals surface area contributed by atoms with E-state index in [1.165, 1.54) is 0 Å². The molecule has 1 fully saturated rings. The van der Waals surface area contributed by atoms with Crippen molar-refractivity contribution in [3.05, 3.63) is 0 Å². The molecule has 0 saturated carbocycles. The Morgan fingerprint density at radius 3 is 2.57 bits per heavy atom. The number of sulfone groups is 1. The molecule has 2 N–H and O–H groups in total. The van der Waals surface area contributed by atoms with Crippen molar-refractivity contribution < 1.29 is 27.3 Å². The van der Waals surface area contributed by atoms with Gasteiger partial charge in [-0.2, -0.15) is 0 Å². The number of nitrogens with zero attached hydrogens (tertiary/aromatic N) is 1. The molecule has 2 unspecified atom stereocenters. The third-order valence-electron chi connectivity index (χ3n) is 3.10. The van der Waals surface area contributed by atoms with Gasteiger partial charge in [0, 0.05) is 35.4 Å². The van der Waals surface area contributed by atoms with Gasteiger partial charge in [-0.1, -0.05) is 0 Å². The van der Waals surface area contributed by atoms with E-state index in [0.717, 1.165) is 4.90 Å². The molecular weight excluding hydrogens is 320 g/mol. The van der Waals surface area contributed by atoms with E-state index in [4.69, 9.17) is 5.11 Å². The highest BCUT2D eigenvalue weighted by molar-refractivity contribution is 7.91. The summed E-state index contributed by atoms with van der Waals surface area (Å²) in [7, 11) is -4.15.